The first-order valence-electron chi connectivity index (χ1n) is 5.43. The molecule has 0 saturated carbocycles. The summed E-state index contributed by atoms with van der Waals surface area (Å²) in [5.74, 6) is 0. The monoisotopic (exact) mass is 231 g/mol. The van der Waals surface area contributed by atoms with Crippen molar-refractivity contribution in [1.29, 1.82) is 5.26 Å². The standard InChI is InChI=1S/C12H13N3O2/c13-7-9-1-3-10(4-2-9)14-12(17)15-6-5-11(16)8-15/h1-4,11,16H,5-6,8H2,(H,14,17)/t11-/m1/s1. The first-order valence-corrected chi connectivity index (χ1v) is 5.43. The number of carbonyl (C=O) groups excluding carboxylic acids is 1. The van der Waals surface area contributed by atoms with Crippen LogP contribution in [0, 0.1) is 11.3 Å². The van der Waals surface area contributed by atoms with Gasteiger partial charge in [-0.05, 0) is 30.7 Å². The molecule has 0 aliphatic carbocycles. The summed E-state index contributed by atoms with van der Waals surface area (Å²) in [5.41, 5.74) is 1.20. The second kappa shape index (κ2) is 4.85. The number of nitrogens with zero attached hydrogens (tertiary/aromatic N) is 2. The summed E-state index contributed by atoms with van der Waals surface area (Å²) in [4.78, 5) is 13.3. The number of hydrogen-bond donors (Lipinski definition) is 2. The summed E-state index contributed by atoms with van der Waals surface area (Å²) in [6, 6.07) is 8.46. The zero-order chi connectivity index (χ0) is 12.3. The number of aliphatic hydroxyl groups is 1. The number of nitriles is 1. The van der Waals surface area contributed by atoms with E-state index in [2.05, 4.69) is 5.32 Å². The van der Waals surface area contributed by atoms with Gasteiger partial charge in [0.05, 0.1) is 17.7 Å². The molecule has 0 bridgehead atoms. The number of anilines is 1. The molecule has 1 aromatic rings. The lowest BCUT2D eigenvalue weighted by molar-refractivity contribution is 0.176. The Morgan fingerprint density at radius 1 is 1.47 bits per heavy atom. The predicted molar refractivity (Wildman–Crippen MR) is 62.4 cm³/mol. The highest BCUT2D eigenvalue weighted by molar-refractivity contribution is 5.89. The van der Waals surface area contributed by atoms with E-state index in [4.69, 9.17) is 5.26 Å². The van der Waals surface area contributed by atoms with Gasteiger partial charge in [0.1, 0.15) is 0 Å². The number of β-amino-alcohol motifs (C(OH)–C–C–N with tert-alkyl or cyclic N) is 1. The van der Waals surface area contributed by atoms with E-state index in [9.17, 15) is 9.90 Å². The summed E-state index contributed by atoms with van der Waals surface area (Å²) in [7, 11) is 0. The van der Waals surface area contributed by atoms with Gasteiger partial charge in [0.15, 0.2) is 0 Å². The second-order valence-electron chi connectivity index (χ2n) is 4.01. The molecule has 0 spiro atoms. The molecule has 2 N–H and O–H groups in total. The van der Waals surface area contributed by atoms with Crippen molar-refractivity contribution in [3.05, 3.63) is 29.8 Å². The van der Waals surface area contributed by atoms with Crippen LogP contribution in [0.15, 0.2) is 24.3 Å². The molecule has 88 valence electrons. The van der Waals surface area contributed by atoms with Gasteiger partial charge in [-0.15, -0.1) is 0 Å². The van der Waals surface area contributed by atoms with Crippen LogP contribution in [0.25, 0.3) is 0 Å². The van der Waals surface area contributed by atoms with Gasteiger partial charge in [0.25, 0.3) is 0 Å². The molecule has 1 aliphatic rings. The average Bonchev–Trinajstić information content (AvgIpc) is 2.77. The lowest BCUT2D eigenvalue weighted by Crippen LogP contribution is -2.33. The van der Waals surface area contributed by atoms with Gasteiger partial charge in [0.2, 0.25) is 0 Å². The maximum atomic E-state index is 11.8. The van der Waals surface area contributed by atoms with Gasteiger partial charge < -0.3 is 15.3 Å². The van der Waals surface area contributed by atoms with Crippen molar-refractivity contribution in [3.8, 4) is 6.07 Å². The summed E-state index contributed by atoms with van der Waals surface area (Å²) in [6.07, 6.45) is 0.211. The van der Waals surface area contributed by atoms with E-state index in [0.29, 0.717) is 30.8 Å². The molecule has 1 fully saturated rings. The van der Waals surface area contributed by atoms with Crippen molar-refractivity contribution in [2.45, 2.75) is 12.5 Å². The molecule has 0 radical (unpaired) electrons. The Bertz CT molecular complexity index is 450. The summed E-state index contributed by atoms with van der Waals surface area (Å²) >= 11 is 0. The summed E-state index contributed by atoms with van der Waals surface area (Å²) in [6.45, 7) is 0.950. The van der Waals surface area contributed by atoms with Gasteiger partial charge >= 0.3 is 6.03 Å². The van der Waals surface area contributed by atoms with Crippen LogP contribution in [0.1, 0.15) is 12.0 Å². The molecule has 1 heterocycles. The number of likely N-dealkylation sites (tertiary alicyclic amines) is 1. The quantitative estimate of drug-likeness (QED) is 0.761. The Balaban J connectivity index is 1.96. The number of urea groups is 1. The Labute approximate surface area is 99.3 Å². The molecule has 0 unspecified atom stereocenters. The number of aliphatic hydroxyl groups excluding tert-OH is 1. The van der Waals surface area contributed by atoms with E-state index in [0.717, 1.165) is 0 Å². The van der Waals surface area contributed by atoms with Crippen LogP contribution in [0.3, 0.4) is 0 Å². The van der Waals surface area contributed by atoms with Crippen LogP contribution < -0.4 is 5.32 Å². The summed E-state index contributed by atoms with van der Waals surface area (Å²) in [5, 5.41) is 20.7. The Kier molecular flexibility index (Phi) is 3.26. The van der Waals surface area contributed by atoms with E-state index in [1.807, 2.05) is 6.07 Å². The van der Waals surface area contributed by atoms with Crippen LogP contribution in [-0.2, 0) is 0 Å². The molecule has 5 nitrogen and oxygen atoms in total. The number of nitrogens with one attached hydrogen (secondary N) is 1. The van der Waals surface area contributed by atoms with Crippen LogP contribution in [-0.4, -0.2) is 35.2 Å². The van der Waals surface area contributed by atoms with Crippen LogP contribution in [0.5, 0.6) is 0 Å². The SMILES string of the molecule is N#Cc1ccc(NC(=O)N2CC[C@@H](O)C2)cc1. The largest absolute Gasteiger partial charge is 0.391 e. The molecular formula is C12H13N3O2. The second-order valence-corrected chi connectivity index (χ2v) is 4.01. The zero-order valence-electron chi connectivity index (χ0n) is 9.26. The Hall–Kier alpha value is -2.06. The highest BCUT2D eigenvalue weighted by Gasteiger charge is 2.24. The first kappa shape index (κ1) is 11.4. The zero-order valence-corrected chi connectivity index (χ0v) is 9.26. The van der Waals surface area contributed by atoms with Crippen LogP contribution >= 0.6 is 0 Å². The maximum Gasteiger partial charge on any atom is 0.321 e. The molecule has 2 amide bonds. The number of amides is 2. The van der Waals surface area contributed by atoms with E-state index >= 15 is 0 Å². The van der Waals surface area contributed by atoms with E-state index in [1.165, 1.54) is 0 Å². The average molecular weight is 231 g/mol. The van der Waals surface area contributed by atoms with Crippen molar-refractivity contribution >= 4 is 11.7 Å². The third-order valence-electron chi connectivity index (χ3n) is 2.72. The molecule has 0 aromatic heterocycles. The van der Waals surface area contributed by atoms with Crippen molar-refractivity contribution in [2.75, 3.05) is 18.4 Å². The van der Waals surface area contributed by atoms with Gasteiger partial charge in [-0.2, -0.15) is 5.26 Å². The first-order chi connectivity index (χ1) is 8.19. The minimum atomic E-state index is -0.415. The van der Waals surface area contributed by atoms with Gasteiger partial charge in [-0.25, -0.2) is 4.79 Å². The van der Waals surface area contributed by atoms with E-state index < -0.39 is 6.10 Å². The Morgan fingerprint density at radius 3 is 2.71 bits per heavy atom. The molecule has 1 saturated heterocycles. The van der Waals surface area contributed by atoms with Crippen molar-refractivity contribution in [1.82, 2.24) is 4.90 Å². The van der Waals surface area contributed by atoms with Gasteiger partial charge in [-0.1, -0.05) is 0 Å². The van der Waals surface area contributed by atoms with Crippen LogP contribution in [0.4, 0.5) is 10.5 Å². The van der Waals surface area contributed by atoms with E-state index in [-0.39, 0.29) is 6.03 Å². The molecule has 1 aliphatic heterocycles. The minimum absolute atomic E-state index is 0.216. The van der Waals surface area contributed by atoms with Crippen LogP contribution in [0.2, 0.25) is 0 Å². The molecular weight excluding hydrogens is 218 g/mol. The fourth-order valence-electron chi connectivity index (χ4n) is 1.76. The molecule has 1 aromatic carbocycles. The lowest BCUT2D eigenvalue weighted by Gasteiger charge is -2.16. The minimum Gasteiger partial charge on any atom is -0.391 e. The van der Waals surface area contributed by atoms with Gasteiger partial charge in [0, 0.05) is 18.8 Å². The number of benzene rings is 1. The predicted octanol–water partition coefficient (Wildman–Crippen LogP) is 1.16. The lowest BCUT2D eigenvalue weighted by atomic mass is 10.2. The molecule has 5 heteroatoms. The van der Waals surface area contributed by atoms with Crippen molar-refractivity contribution in [3.63, 3.8) is 0 Å². The van der Waals surface area contributed by atoms with Crippen molar-refractivity contribution < 1.29 is 9.90 Å². The number of carbonyl (C=O) groups is 1. The van der Waals surface area contributed by atoms with Gasteiger partial charge in [-0.3, -0.25) is 0 Å². The fraction of sp³-hybridized carbons (Fsp3) is 0.333. The highest BCUT2D eigenvalue weighted by Crippen LogP contribution is 2.13. The molecule has 2 rings (SSSR count). The number of rotatable bonds is 1. The maximum absolute atomic E-state index is 11.8. The Morgan fingerprint density at radius 2 is 2.18 bits per heavy atom. The molecule has 1 atom stereocenters. The van der Waals surface area contributed by atoms with Crippen molar-refractivity contribution in [2.24, 2.45) is 0 Å². The fourth-order valence-corrected chi connectivity index (χ4v) is 1.76. The number of hydrogen-bond acceptors (Lipinski definition) is 3. The van der Waals surface area contributed by atoms with E-state index in [1.54, 1.807) is 29.2 Å². The smallest absolute Gasteiger partial charge is 0.321 e. The summed E-state index contributed by atoms with van der Waals surface area (Å²) < 4.78 is 0. The molecule has 17 heavy (non-hydrogen) atoms. The normalized spacial score (nSPS) is 18.8. The topological polar surface area (TPSA) is 76.4 Å². The third kappa shape index (κ3) is 2.74. The third-order valence-corrected chi connectivity index (χ3v) is 2.72. The highest BCUT2D eigenvalue weighted by atomic mass is 16.3.